The number of hydrogen-bond donors (Lipinski definition) is 0. The Kier molecular flexibility index (Phi) is 7.05. The first-order valence-corrected chi connectivity index (χ1v) is 12.4. The van der Waals surface area contributed by atoms with Crippen LogP contribution in [0.25, 0.3) is 11.3 Å². The summed E-state index contributed by atoms with van der Waals surface area (Å²) in [5.41, 5.74) is 4.96. The predicted octanol–water partition coefficient (Wildman–Crippen LogP) is 5.97. The quantitative estimate of drug-likeness (QED) is 0.232. The molecular weight excluding hydrogens is 450 g/mol. The molecule has 2 aromatic heterocycles. The highest BCUT2D eigenvalue weighted by molar-refractivity contribution is 7.99. The summed E-state index contributed by atoms with van der Waals surface area (Å²) >= 11 is 2.83. The van der Waals surface area contributed by atoms with Crippen molar-refractivity contribution in [2.75, 3.05) is 10.7 Å². The summed E-state index contributed by atoms with van der Waals surface area (Å²) in [6.07, 6.45) is 1.80. The van der Waals surface area contributed by atoms with Gasteiger partial charge in [0.15, 0.2) is 10.3 Å². The van der Waals surface area contributed by atoms with Gasteiger partial charge in [0, 0.05) is 17.5 Å². The largest absolute Gasteiger partial charge is 0.302 e. The lowest BCUT2D eigenvalue weighted by atomic mass is 10.1. The topological polar surface area (TPSA) is 63.9 Å². The van der Waals surface area contributed by atoms with Crippen LogP contribution >= 0.6 is 23.1 Å². The van der Waals surface area contributed by atoms with Crippen LogP contribution < -0.4 is 4.90 Å². The summed E-state index contributed by atoms with van der Waals surface area (Å²) in [6.45, 7) is 10.4. The molecule has 0 atom stereocenters. The van der Waals surface area contributed by atoms with Crippen LogP contribution in [0.2, 0.25) is 0 Å². The number of allylic oxidation sites excluding steroid dienone is 1. The number of carbonyl (C=O) groups excluding carboxylic acids is 1. The SMILES string of the molecule is C=CCn1c(C)nnc1SCC(=O)N(c1cccc(C)c1)c1nc(-c2ccc(C)cc2)cs1. The zero-order valence-electron chi connectivity index (χ0n) is 18.9. The molecule has 0 aliphatic rings. The molecule has 2 aromatic carbocycles. The van der Waals surface area contributed by atoms with Crippen LogP contribution in [0.4, 0.5) is 10.8 Å². The van der Waals surface area contributed by atoms with Gasteiger partial charge in [-0.3, -0.25) is 9.69 Å². The number of aryl methyl sites for hydroxylation is 3. The summed E-state index contributed by atoms with van der Waals surface area (Å²) in [6, 6.07) is 16.1. The van der Waals surface area contributed by atoms with Crippen LogP contribution in [0, 0.1) is 20.8 Å². The Bertz CT molecular complexity index is 1280. The molecule has 0 aliphatic heterocycles. The van der Waals surface area contributed by atoms with E-state index in [0.717, 1.165) is 28.3 Å². The molecule has 2 heterocycles. The highest BCUT2D eigenvalue weighted by Crippen LogP contribution is 2.33. The van der Waals surface area contributed by atoms with Gasteiger partial charge in [0.25, 0.3) is 0 Å². The lowest BCUT2D eigenvalue weighted by Crippen LogP contribution is -2.27. The molecule has 0 unspecified atom stereocenters. The monoisotopic (exact) mass is 475 g/mol. The fraction of sp³-hybridized carbons (Fsp3) is 0.200. The van der Waals surface area contributed by atoms with Crippen molar-refractivity contribution in [3.05, 3.63) is 83.5 Å². The van der Waals surface area contributed by atoms with E-state index in [1.54, 1.807) is 11.0 Å². The molecule has 0 aliphatic carbocycles. The molecule has 0 fully saturated rings. The molecule has 4 rings (SSSR count). The van der Waals surface area contributed by atoms with Gasteiger partial charge < -0.3 is 4.57 Å². The minimum atomic E-state index is -0.0683. The predicted molar refractivity (Wildman–Crippen MR) is 136 cm³/mol. The second-order valence-corrected chi connectivity index (χ2v) is 9.45. The fourth-order valence-corrected chi connectivity index (χ4v) is 5.06. The molecule has 0 saturated carbocycles. The van der Waals surface area contributed by atoms with Crippen LogP contribution in [-0.2, 0) is 11.3 Å². The number of nitrogens with zero attached hydrogens (tertiary/aromatic N) is 5. The zero-order chi connectivity index (χ0) is 23.4. The number of rotatable bonds is 8. The molecule has 0 radical (unpaired) electrons. The van der Waals surface area contributed by atoms with Crippen molar-refractivity contribution in [1.82, 2.24) is 19.7 Å². The Morgan fingerprint density at radius 2 is 1.91 bits per heavy atom. The van der Waals surface area contributed by atoms with Crippen LogP contribution in [0.1, 0.15) is 17.0 Å². The van der Waals surface area contributed by atoms with Crippen molar-refractivity contribution >= 4 is 39.8 Å². The second kappa shape index (κ2) is 10.1. The van der Waals surface area contributed by atoms with E-state index in [1.165, 1.54) is 28.7 Å². The maximum absolute atomic E-state index is 13.5. The third kappa shape index (κ3) is 5.23. The molecule has 168 valence electrons. The number of carbonyl (C=O) groups is 1. The van der Waals surface area contributed by atoms with E-state index < -0.39 is 0 Å². The van der Waals surface area contributed by atoms with E-state index in [-0.39, 0.29) is 11.7 Å². The van der Waals surface area contributed by atoms with Gasteiger partial charge in [-0.05, 0) is 38.5 Å². The Balaban J connectivity index is 1.63. The summed E-state index contributed by atoms with van der Waals surface area (Å²) < 4.78 is 1.95. The van der Waals surface area contributed by atoms with Gasteiger partial charge in [-0.1, -0.05) is 59.8 Å². The van der Waals surface area contributed by atoms with Crippen LogP contribution in [-0.4, -0.2) is 31.4 Å². The molecule has 1 amide bonds. The molecule has 4 aromatic rings. The van der Waals surface area contributed by atoms with E-state index in [0.29, 0.717) is 16.8 Å². The van der Waals surface area contributed by atoms with Crippen LogP contribution in [0.3, 0.4) is 0 Å². The van der Waals surface area contributed by atoms with Gasteiger partial charge in [0.05, 0.1) is 17.1 Å². The van der Waals surface area contributed by atoms with Crippen LogP contribution in [0.5, 0.6) is 0 Å². The van der Waals surface area contributed by atoms with Gasteiger partial charge in [-0.15, -0.1) is 28.1 Å². The smallest absolute Gasteiger partial charge is 0.243 e. The highest BCUT2D eigenvalue weighted by atomic mass is 32.2. The van der Waals surface area contributed by atoms with E-state index in [9.17, 15) is 4.79 Å². The third-order valence-electron chi connectivity index (χ3n) is 5.08. The fourth-order valence-electron chi connectivity index (χ4n) is 3.35. The van der Waals surface area contributed by atoms with Crippen molar-refractivity contribution < 1.29 is 4.79 Å². The van der Waals surface area contributed by atoms with Gasteiger partial charge in [-0.25, -0.2) is 4.98 Å². The van der Waals surface area contributed by atoms with Gasteiger partial charge in [0.2, 0.25) is 5.91 Å². The number of aromatic nitrogens is 4. The van der Waals surface area contributed by atoms with Crippen molar-refractivity contribution in [1.29, 1.82) is 0 Å². The normalized spacial score (nSPS) is 10.9. The standard InChI is InChI=1S/C25H25N5OS2/c1-5-13-29-19(4)27-28-25(29)33-16-23(31)30(21-8-6-7-18(3)14-21)24-26-22(15-32-24)20-11-9-17(2)10-12-20/h5-12,14-15H,1,13,16H2,2-4H3. The zero-order valence-corrected chi connectivity index (χ0v) is 20.5. The van der Waals surface area contributed by atoms with Gasteiger partial charge in [-0.2, -0.15) is 0 Å². The Morgan fingerprint density at radius 3 is 2.64 bits per heavy atom. The third-order valence-corrected chi connectivity index (χ3v) is 6.86. The Morgan fingerprint density at radius 1 is 1.12 bits per heavy atom. The maximum atomic E-state index is 13.5. The highest BCUT2D eigenvalue weighted by Gasteiger charge is 2.23. The number of hydrogen-bond acceptors (Lipinski definition) is 6. The Labute approximate surface area is 202 Å². The number of benzene rings is 2. The van der Waals surface area contributed by atoms with Gasteiger partial charge >= 0.3 is 0 Å². The Hall–Kier alpha value is -3.23. The molecule has 0 spiro atoms. The minimum absolute atomic E-state index is 0.0683. The van der Waals surface area contributed by atoms with Crippen molar-refractivity contribution in [2.24, 2.45) is 0 Å². The number of thiazole rings is 1. The lowest BCUT2D eigenvalue weighted by molar-refractivity contribution is -0.115. The van der Waals surface area contributed by atoms with E-state index >= 15 is 0 Å². The number of anilines is 2. The maximum Gasteiger partial charge on any atom is 0.243 e. The average molecular weight is 476 g/mol. The molecule has 8 heteroatoms. The van der Waals surface area contributed by atoms with E-state index in [4.69, 9.17) is 4.98 Å². The summed E-state index contributed by atoms with van der Waals surface area (Å²) in [5.74, 6) is 0.937. The first-order chi connectivity index (χ1) is 16.0. The van der Waals surface area contributed by atoms with E-state index in [1.807, 2.05) is 48.1 Å². The van der Waals surface area contributed by atoms with Crippen molar-refractivity contribution in [3.63, 3.8) is 0 Å². The van der Waals surface area contributed by atoms with Crippen molar-refractivity contribution in [3.8, 4) is 11.3 Å². The first-order valence-electron chi connectivity index (χ1n) is 10.5. The molecule has 0 N–H and O–H groups in total. The van der Waals surface area contributed by atoms with Gasteiger partial charge in [0.1, 0.15) is 5.82 Å². The number of thioether (sulfide) groups is 1. The van der Waals surface area contributed by atoms with E-state index in [2.05, 4.69) is 48.0 Å². The lowest BCUT2D eigenvalue weighted by Gasteiger charge is -2.20. The summed E-state index contributed by atoms with van der Waals surface area (Å²) in [5, 5.41) is 11.7. The molecule has 6 nitrogen and oxygen atoms in total. The molecule has 33 heavy (non-hydrogen) atoms. The summed E-state index contributed by atoms with van der Waals surface area (Å²) in [4.78, 5) is 20.0. The molecule has 0 saturated heterocycles. The van der Waals surface area contributed by atoms with Crippen molar-refractivity contribution in [2.45, 2.75) is 32.5 Å². The first kappa shape index (κ1) is 22.9. The number of amides is 1. The molecular formula is C25H25N5OS2. The average Bonchev–Trinajstić information content (AvgIpc) is 3.41. The second-order valence-electron chi connectivity index (χ2n) is 7.67. The molecule has 0 bridgehead atoms. The summed E-state index contributed by atoms with van der Waals surface area (Å²) in [7, 11) is 0. The van der Waals surface area contributed by atoms with Crippen LogP contribution in [0.15, 0.2) is 71.7 Å². The minimum Gasteiger partial charge on any atom is -0.302 e.